The predicted octanol–water partition coefficient (Wildman–Crippen LogP) is 3.37. The van der Waals surface area contributed by atoms with Crippen LogP contribution in [-0.4, -0.2) is 9.67 Å². The maximum absolute atomic E-state index is 12.7. The second kappa shape index (κ2) is 4.94. The SMILES string of the molecule is O=c1oc2ccc(O)cc2n1Cc1cccc(C(F)(F)F)c1. The molecule has 0 aliphatic carbocycles. The zero-order valence-electron chi connectivity index (χ0n) is 11.1. The highest BCUT2D eigenvalue weighted by molar-refractivity contribution is 5.74. The summed E-state index contributed by atoms with van der Waals surface area (Å²) in [6.45, 7) is -0.0841. The molecule has 1 heterocycles. The first kappa shape index (κ1) is 14.2. The minimum Gasteiger partial charge on any atom is -0.508 e. The van der Waals surface area contributed by atoms with Crippen LogP contribution in [0.15, 0.2) is 51.7 Å². The largest absolute Gasteiger partial charge is 0.508 e. The number of aromatic hydroxyl groups is 1. The molecule has 22 heavy (non-hydrogen) atoms. The van der Waals surface area contributed by atoms with E-state index in [0.29, 0.717) is 11.1 Å². The van der Waals surface area contributed by atoms with Gasteiger partial charge >= 0.3 is 11.9 Å². The van der Waals surface area contributed by atoms with Crippen LogP contribution in [0.25, 0.3) is 11.1 Å². The Hall–Kier alpha value is -2.70. The number of benzene rings is 2. The van der Waals surface area contributed by atoms with Gasteiger partial charge in [0.15, 0.2) is 5.58 Å². The molecule has 0 atom stereocenters. The highest BCUT2D eigenvalue weighted by Crippen LogP contribution is 2.30. The zero-order chi connectivity index (χ0) is 15.9. The first-order valence-corrected chi connectivity index (χ1v) is 6.33. The Labute approximate surface area is 122 Å². The van der Waals surface area contributed by atoms with Crippen molar-refractivity contribution in [1.82, 2.24) is 4.57 Å². The van der Waals surface area contributed by atoms with E-state index in [2.05, 4.69) is 0 Å². The molecular formula is C15H10F3NO3. The third-order valence-electron chi connectivity index (χ3n) is 3.25. The van der Waals surface area contributed by atoms with Crippen LogP contribution in [0.1, 0.15) is 11.1 Å². The molecule has 0 aliphatic heterocycles. The molecule has 2 aromatic carbocycles. The minimum atomic E-state index is -4.45. The number of phenols is 1. The van der Waals surface area contributed by atoms with Gasteiger partial charge in [0.2, 0.25) is 0 Å². The van der Waals surface area contributed by atoms with E-state index in [1.165, 1.54) is 34.9 Å². The number of nitrogens with zero attached hydrogens (tertiary/aromatic N) is 1. The standard InChI is InChI=1S/C15H10F3NO3/c16-15(17,18)10-3-1-2-9(6-10)8-19-12-7-11(20)4-5-13(12)22-14(19)21/h1-7,20H,8H2. The van der Waals surface area contributed by atoms with Crippen molar-refractivity contribution in [2.24, 2.45) is 0 Å². The number of oxazole rings is 1. The summed E-state index contributed by atoms with van der Waals surface area (Å²) in [6.07, 6.45) is -4.45. The molecule has 7 heteroatoms. The Morgan fingerprint density at radius 2 is 1.91 bits per heavy atom. The van der Waals surface area contributed by atoms with Crippen molar-refractivity contribution in [1.29, 1.82) is 0 Å². The molecule has 3 rings (SSSR count). The number of halogens is 3. The molecule has 0 aliphatic rings. The van der Waals surface area contributed by atoms with E-state index < -0.39 is 17.5 Å². The molecule has 1 aromatic heterocycles. The second-order valence-corrected chi connectivity index (χ2v) is 4.80. The molecule has 0 fully saturated rings. The molecule has 0 saturated heterocycles. The molecule has 0 bridgehead atoms. The average Bonchev–Trinajstić information content (AvgIpc) is 2.75. The summed E-state index contributed by atoms with van der Waals surface area (Å²) in [7, 11) is 0. The van der Waals surface area contributed by atoms with Gasteiger partial charge in [0.05, 0.1) is 17.6 Å². The quantitative estimate of drug-likeness (QED) is 0.789. The summed E-state index contributed by atoms with van der Waals surface area (Å²) >= 11 is 0. The highest BCUT2D eigenvalue weighted by Gasteiger charge is 2.30. The fourth-order valence-corrected chi connectivity index (χ4v) is 2.23. The smallest absolute Gasteiger partial charge is 0.420 e. The molecule has 0 spiro atoms. The van der Waals surface area contributed by atoms with Crippen LogP contribution in [0.2, 0.25) is 0 Å². The topological polar surface area (TPSA) is 55.4 Å². The fraction of sp³-hybridized carbons (Fsp3) is 0.133. The molecule has 3 aromatic rings. The van der Waals surface area contributed by atoms with E-state index in [1.54, 1.807) is 0 Å². The van der Waals surface area contributed by atoms with E-state index in [4.69, 9.17) is 4.42 Å². The monoisotopic (exact) mass is 309 g/mol. The lowest BCUT2D eigenvalue weighted by molar-refractivity contribution is -0.137. The van der Waals surface area contributed by atoms with Crippen LogP contribution in [0.3, 0.4) is 0 Å². The van der Waals surface area contributed by atoms with E-state index in [0.717, 1.165) is 12.1 Å². The second-order valence-electron chi connectivity index (χ2n) is 4.80. The molecule has 4 nitrogen and oxygen atoms in total. The van der Waals surface area contributed by atoms with Crippen molar-refractivity contribution in [2.75, 3.05) is 0 Å². The number of phenolic OH excluding ortho intramolecular Hbond substituents is 1. The summed E-state index contributed by atoms with van der Waals surface area (Å²) in [5, 5.41) is 9.48. The van der Waals surface area contributed by atoms with Crippen LogP contribution in [0.4, 0.5) is 13.2 Å². The average molecular weight is 309 g/mol. The van der Waals surface area contributed by atoms with Crippen LogP contribution in [-0.2, 0) is 12.7 Å². The van der Waals surface area contributed by atoms with E-state index in [1.807, 2.05) is 0 Å². The van der Waals surface area contributed by atoms with Crippen LogP contribution >= 0.6 is 0 Å². The Bertz CT molecular complexity index is 893. The summed E-state index contributed by atoms with van der Waals surface area (Å²) in [4.78, 5) is 11.8. The third-order valence-corrected chi connectivity index (χ3v) is 3.25. The molecule has 114 valence electrons. The number of hydrogen-bond acceptors (Lipinski definition) is 3. The lowest BCUT2D eigenvalue weighted by atomic mass is 10.1. The van der Waals surface area contributed by atoms with Crippen molar-refractivity contribution < 1.29 is 22.7 Å². The molecular weight excluding hydrogens is 299 g/mol. The molecule has 0 unspecified atom stereocenters. The van der Waals surface area contributed by atoms with E-state index >= 15 is 0 Å². The number of aromatic nitrogens is 1. The predicted molar refractivity (Wildman–Crippen MR) is 72.7 cm³/mol. The number of fused-ring (bicyclic) bond motifs is 1. The Kier molecular flexibility index (Phi) is 3.20. The number of hydrogen-bond donors (Lipinski definition) is 1. The number of alkyl halides is 3. The Balaban J connectivity index is 2.05. The Morgan fingerprint density at radius 3 is 2.64 bits per heavy atom. The molecule has 0 radical (unpaired) electrons. The van der Waals surface area contributed by atoms with Crippen LogP contribution in [0.5, 0.6) is 5.75 Å². The third kappa shape index (κ3) is 2.57. The first-order valence-electron chi connectivity index (χ1n) is 6.33. The highest BCUT2D eigenvalue weighted by atomic mass is 19.4. The van der Waals surface area contributed by atoms with Gasteiger partial charge in [0.25, 0.3) is 0 Å². The fourth-order valence-electron chi connectivity index (χ4n) is 2.23. The van der Waals surface area contributed by atoms with E-state index in [9.17, 15) is 23.1 Å². The first-order chi connectivity index (χ1) is 10.3. The summed E-state index contributed by atoms with van der Waals surface area (Å²) in [5.74, 6) is -0.760. The Morgan fingerprint density at radius 1 is 1.14 bits per heavy atom. The number of rotatable bonds is 2. The van der Waals surface area contributed by atoms with Gasteiger partial charge in [-0.25, -0.2) is 4.79 Å². The van der Waals surface area contributed by atoms with Gasteiger partial charge in [-0.2, -0.15) is 13.2 Å². The zero-order valence-corrected chi connectivity index (χ0v) is 11.1. The van der Waals surface area contributed by atoms with Gasteiger partial charge in [-0.15, -0.1) is 0 Å². The molecule has 0 amide bonds. The maximum atomic E-state index is 12.7. The van der Waals surface area contributed by atoms with Gasteiger partial charge in [0.1, 0.15) is 5.75 Å². The van der Waals surface area contributed by atoms with Crippen molar-refractivity contribution in [3.63, 3.8) is 0 Å². The van der Waals surface area contributed by atoms with Gasteiger partial charge in [-0.3, -0.25) is 4.57 Å². The summed E-state index contributed by atoms with van der Waals surface area (Å²) < 4.78 is 44.3. The van der Waals surface area contributed by atoms with Crippen molar-refractivity contribution >= 4 is 11.1 Å². The van der Waals surface area contributed by atoms with Gasteiger partial charge in [0, 0.05) is 6.07 Å². The van der Waals surface area contributed by atoms with Gasteiger partial charge < -0.3 is 9.52 Å². The minimum absolute atomic E-state index is 0.0638. The van der Waals surface area contributed by atoms with Crippen LogP contribution in [0, 0.1) is 0 Å². The lowest BCUT2D eigenvalue weighted by Crippen LogP contribution is -2.15. The molecule has 0 saturated carbocycles. The van der Waals surface area contributed by atoms with Gasteiger partial charge in [-0.05, 0) is 29.8 Å². The normalized spacial score (nSPS) is 12.0. The molecule has 1 N–H and O–H groups in total. The van der Waals surface area contributed by atoms with Crippen molar-refractivity contribution in [3.05, 3.63) is 64.1 Å². The van der Waals surface area contributed by atoms with Crippen LogP contribution < -0.4 is 5.76 Å². The van der Waals surface area contributed by atoms with Crippen molar-refractivity contribution in [3.8, 4) is 5.75 Å². The lowest BCUT2D eigenvalue weighted by Gasteiger charge is -2.09. The maximum Gasteiger partial charge on any atom is 0.420 e. The summed E-state index contributed by atoms with van der Waals surface area (Å²) in [5.41, 5.74) is 0.105. The van der Waals surface area contributed by atoms with E-state index in [-0.39, 0.29) is 17.9 Å². The van der Waals surface area contributed by atoms with Gasteiger partial charge in [-0.1, -0.05) is 12.1 Å². The summed E-state index contributed by atoms with van der Waals surface area (Å²) in [6, 6.07) is 8.83. The van der Waals surface area contributed by atoms with Crippen molar-refractivity contribution in [2.45, 2.75) is 12.7 Å².